The second-order valence-electron chi connectivity index (χ2n) is 7.21. The molecule has 1 saturated carbocycles. The molecule has 2 aliphatic rings. The van der Waals surface area contributed by atoms with Gasteiger partial charge in [-0.15, -0.1) is 0 Å². The van der Waals surface area contributed by atoms with Gasteiger partial charge in [-0.1, -0.05) is 19.3 Å². The molecule has 5 nitrogen and oxygen atoms in total. The number of morpholine rings is 1. The first-order chi connectivity index (χ1) is 12.3. The van der Waals surface area contributed by atoms with Gasteiger partial charge in [0, 0.05) is 31.7 Å². The molecule has 2 rings (SSSR count). The maximum Gasteiger partial charge on any atom is 0.191 e. The zero-order valence-corrected chi connectivity index (χ0v) is 17.1. The van der Waals surface area contributed by atoms with Gasteiger partial charge < -0.3 is 15.4 Å². The van der Waals surface area contributed by atoms with E-state index in [9.17, 15) is 0 Å². The predicted octanol–water partition coefficient (Wildman–Crippen LogP) is 2.72. The fourth-order valence-corrected chi connectivity index (χ4v) is 4.46. The van der Waals surface area contributed by atoms with Crippen LogP contribution >= 0.6 is 11.8 Å². The van der Waals surface area contributed by atoms with E-state index in [1.54, 1.807) is 0 Å². The summed E-state index contributed by atoms with van der Waals surface area (Å²) in [5, 5.41) is 6.95. The number of rotatable bonds is 9. The third kappa shape index (κ3) is 6.99. The lowest BCUT2D eigenvalue weighted by Crippen LogP contribution is -2.56. The molecule has 1 aliphatic heterocycles. The SMILES string of the molecule is CCNC(=NCC1(N2CCOCC2)CCCCC1)NCCCCSC. The number of aliphatic imine (C=N–C) groups is 1. The highest BCUT2D eigenvalue weighted by Crippen LogP contribution is 2.34. The molecule has 0 aromatic carbocycles. The van der Waals surface area contributed by atoms with Crippen LogP contribution in [0.1, 0.15) is 51.9 Å². The third-order valence-corrected chi connectivity index (χ3v) is 6.11. The number of ether oxygens (including phenoxy) is 1. The van der Waals surface area contributed by atoms with Crippen LogP contribution in [0.5, 0.6) is 0 Å². The summed E-state index contributed by atoms with van der Waals surface area (Å²) in [6.45, 7) is 8.86. The quantitative estimate of drug-likeness (QED) is 0.371. The normalized spacial score (nSPS) is 21.9. The zero-order chi connectivity index (χ0) is 17.8. The van der Waals surface area contributed by atoms with Crippen LogP contribution in [-0.4, -0.2) is 74.3 Å². The highest BCUT2D eigenvalue weighted by Gasteiger charge is 2.38. The molecule has 1 heterocycles. The van der Waals surface area contributed by atoms with E-state index >= 15 is 0 Å². The number of unbranched alkanes of at least 4 members (excludes halogenated alkanes) is 1. The average molecular weight is 371 g/mol. The average Bonchev–Trinajstić information content (AvgIpc) is 2.67. The van der Waals surface area contributed by atoms with E-state index in [2.05, 4.69) is 28.7 Å². The summed E-state index contributed by atoms with van der Waals surface area (Å²) in [7, 11) is 0. The Morgan fingerprint density at radius 2 is 1.88 bits per heavy atom. The van der Waals surface area contributed by atoms with Gasteiger partial charge in [-0.25, -0.2) is 0 Å². The Morgan fingerprint density at radius 1 is 1.12 bits per heavy atom. The van der Waals surface area contributed by atoms with Gasteiger partial charge in [0.1, 0.15) is 0 Å². The van der Waals surface area contributed by atoms with Crippen molar-refractivity contribution in [3.8, 4) is 0 Å². The molecule has 2 fully saturated rings. The summed E-state index contributed by atoms with van der Waals surface area (Å²) in [5.74, 6) is 2.24. The Balaban J connectivity index is 1.92. The number of nitrogens with zero attached hydrogens (tertiary/aromatic N) is 2. The minimum Gasteiger partial charge on any atom is -0.379 e. The van der Waals surface area contributed by atoms with Crippen molar-refractivity contribution >= 4 is 17.7 Å². The van der Waals surface area contributed by atoms with Gasteiger partial charge in [0.2, 0.25) is 0 Å². The van der Waals surface area contributed by atoms with Gasteiger partial charge in [0.05, 0.1) is 19.8 Å². The third-order valence-electron chi connectivity index (χ3n) is 5.41. The maximum absolute atomic E-state index is 5.58. The number of hydrogen-bond acceptors (Lipinski definition) is 4. The van der Waals surface area contributed by atoms with Crippen molar-refractivity contribution in [2.24, 2.45) is 4.99 Å². The summed E-state index contributed by atoms with van der Waals surface area (Å²) in [6.07, 6.45) is 11.3. The van der Waals surface area contributed by atoms with E-state index < -0.39 is 0 Å². The molecule has 0 amide bonds. The van der Waals surface area contributed by atoms with E-state index in [4.69, 9.17) is 9.73 Å². The van der Waals surface area contributed by atoms with E-state index in [1.807, 2.05) is 11.8 Å². The van der Waals surface area contributed by atoms with Crippen molar-refractivity contribution in [2.75, 3.05) is 57.9 Å². The van der Waals surface area contributed by atoms with Crippen molar-refractivity contribution in [1.82, 2.24) is 15.5 Å². The van der Waals surface area contributed by atoms with Crippen molar-refractivity contribution < 1.29 is 4.74 Å². The lowest BCUT2D eigenvalue weighted by atomic mass is 9.80. The molecular weight excluding hydrogens is 332 g/mol. The van der Waals surface area contributed by atoms with E-state index in [0.717, 1.165) is 51.9 Å². The van der Waals surface area contributed by atoms with E-state index in [0.29, 0.717) is 0 Å². The van der Waals surface area contributed by atoms with Crippen LogP contribution in [-0.2, 0) is 4.74 Å². The molecule has 0 unspecified atom stereocenters. The van der Waals surface area contributed by atoms with Gasteiger partial charge in [-0.2, -0.15) is 11.8 Å². The molecule has 0 bridgehead atoms. The Kier molecular flexibility index (Phi) is 10.0. The number of nitrogens with one attached hydrogen (secondary N) is 2. The van der Waals surface area contributed by atoms with Crippen LogP contribution in [0.4, 0.5) is 0 Å². The maximum atomic E-state index is 5.58. The molecule has 0 radical (unpaired) electrons. The number of guanidine groups is 1. The Morgan fingerprint density at radius 3 is 2.56 bits per heavy atom. The van der Waals surface area contributed by atoms with Gasteiger partial charge in [0.15, 0.2) is 5.96 Å². The zero-order valence-electron chi connectivity index (χ0n) is 16.3. The molecule has 2 N–H and O–H groups in total. The molecular formula is C19H38N4OS. The summed E-state index contributed by atoms with van der Waals surface area (Å²) in [4.78, 5) is 7.68. The van der Waals surface area contributed by atoms with Crippen LogP contribution in [0, 0.1) is 0 Å². The van der Waals surface area contributed by atoms with E-state index in [1.165, 1.54) is 50.7 Å². The second kappa shape index (κ2) is 12.0. The first-order valence-corrected chi connectivity index (χ1v) is 11.5. The smallest absolute Gasteiger partial charge is 0.191 e. The van der Waals surface area contributed by atoms with Crippen molar-refractivity contribution in [3.63, 3.8) is 0 Å². The molecule has 0 atom stereocenters. The first-order valence-electron chi connectivity index (χ1n) is 10.1. The molecule has 0 aromatic heterocycles. The second-order valence-corrected chi connectivity index (χ2v) is 8.19. The lowest BCUT2D eigenvalue weighted by molar-refractivity contribution is -0.0333. The topological polar surface area (TPSA) is 48.9 Å². The van der Waals surface area contributed by atoms with Gasteiger partial charge in [0.25, 0.3) is 0 Å². The number of hydrogen-bond donors (Lipinski definition) is 2. The summed E-state index contributed by atoms with van der Waals surface area (Å²) < 4.78 is 5.58. The summed E-state index contributed by atoms with van der Waals surface area (Å²) in [6, 6.07) is 0. The summed E-state index contributed by atoms with van der Waals surface area (Å²) >= 11 is 1.93. The first kappa shape index (κ1) is 20.8. The molecule has 1 aliphatic carbocycles. The predicted molar refractivity (Wildman–Crippen MR) is 110 cm³/mol. The summed E-state index contributed by atoms with van der Waals surface area (Å²) in [5.41, 5.74) is 0.253. The molecule has 1 saturated heterocycles. The molecule has 6 heteroatoms. The van der Waals surface area contributed by atoms with Crippen molar-refractivity contribution in [1.29, 1.82) is 0 Å². The largest absolute Gasteiger partial charge is 0.379 e. The lowest BCUT2D eigenvalue weighted by Gasteiger charge is -2.47. The monoisotopic (exact) mass is 370 g/mol. The van der Waals surface area contributed by atoms with Crippen LogP contribution in [0.15, 0.2) is 4.99 Å². The standard InChI is InChI=1S/C19H38N4OS/c1-3-20-18(21-11-7-8-16-25-2)22-17-19(9-5-4-6-10-19)23-12-14-24-15-13-23/h3-17H2,1-2H3,(H2,20,21,22). The van der Waals surface area contributed by atoms with Crippen LogP contribution in [0.25, 0.3) is 0 Å². The van der Waals surface area contributed by atoms with Gasteiger partial charge >= 0.3 is 0 Å². The minimum atomic E-state index is 0.253. The molecule has 25 heavy (non-hydrogen) atoms. The molecule has 0 aromatic rings. The fourth-order valence-electron chi connectivity index (χ4n) is 3.97. The Hall–Kier alpha value is -0.460. The van der Waals surface area contributed by atoms with Crippen LogP contribution in [0.3, 0.4) is 0 Å². The fraction of sp³-hybridized carbons (Fsp3) is 0.947. The Bertz CT molecular complexity index is 380. The molecule has 146 valence electrons. The van der Waals surface area contributed by atoms with Gasteiger partial charge in [-0.3, -0.25) is 9.89 Å². The minimum absolute atomic E-state index is 0.253. The number of thioether (sulfide) groups is 1. The Labute approximate surface area is 158 Å². The highest BCUT2D eigenvalue weighted by atomic mass is 32.2. The van der Waals surface area contributed by atoms with Crippen LogP contribution in [0.2, 0.25) is 0 Å². The molecule has 0 spiro atoms. The van der Waals surface area contributed by atoms with Crippen LogP contribution < -0.4 is 10.6 Å². The highest BCUT2D eigenvalue weighted by molar-refractivity contribution is 7.98. The van der Waals surface area contributed by atoms with Crippen molar-refractivity contribution in [3.05, 3.63) is 0 Å². The van der Waals surface area contributed by atoms with Gasteiger partial charge in [-0.05, 0) is 44.6 Å². The van der Waals surface area contributed by atoms with E-state index in [-0.39, 0.29) is 5.54 Å². The van der Waals surface area contributed by atoms with Crippen molar-refractivity contribution in [2.45, 2.75) is 57.4 Å².